The zero-order chi connectivity index (χ0) is 21.9. The Morgan fingerprint density at radius 1 is 1.00 bits per heavy atom. The van der Waals surface area contributed by atoms with Gasteiger partial charge in [0, 0.05) is 32.7 Å². The van der Waals surface area contributed by atoms with Crippen molar-refractivity contribution in [1.29, 1.82) is 0 Å². The minimum Gasteiger partial charge on any atom is -0.455 e. The van der Waals surface area contributed by atoms with Crippen molar-refractivity contribution in [3.05, 3.63) is 83.3 Å². The van der Waals surface area contributed by atoms with Gasteiger partial charge < -0.3 is 13.7 Å². The van der Waals surface area contributed by atoms with Crippen LogP contribution in [0, 0.1) is 6.92 Å². The number of fused-ring (bicyclic) bond motifs is 1. The van der Waals surface area contributed by atoms with E-state index in [1.807, 2.05) is 42.2 Å². The van der Waals surface area contributed by atoms with E-state index in [9.17, 15) is 4.79 Å². The summed E-state index contributed by atoms with van der Waals surface area (Å²) in [6.07, 6.45) is 0. The second-order valence-electron chi connectivity index (χ2n) is 8.06. The van der Waals surface area contributed by atoms with Gasteiger partial charge in [0.25, 0.3) is 11.1 Å². The lowest BCUT2D eigenvalue weighted by Gasteiger charge is -2.34. The van der Waals surface area contributed by atoms with Gasteiger partial charge in [-0.2, -0.15) is 0 Å². The van der Waals surface area contributed by atoms with Crippen molar-refractivity contribution in [3.8, 4) is 0 Å². The lowest BCUT2D eigenvalue weighted by molar-refractivity contribution is 0.0596. The van der Waals surface area contributed by atoms with E-state index in [-0.39, 0.29) is 5.91 Å². The van der Waals surface area contributed by atoms with Crippen LogP contribution < -0.4 is 0 Å². The zero-order valence-corrected chi connectivity index (χ0v) is 18.8. The summed E-state index contributed by atoms with van der Waals surface area (Å²) < 4.78 is 11.6. The SMILES string of the molecule is Cc1ccc2oc(SCc3ccc(C(=O)N4CCN(Cc5ccccc5)CC4)o3)nc2c1. The normalized spacial score (nSPS) is 14.8. The van der Waals surface area contributed by atoms with Crippen LogP contribution in [0.2, 0.25) is 0 Å². The number of aromatic nitrogens is 1. The number of aryl methyl sites for hydroxylation is 1. The van der Waals surface area contributed by atoms with E-state index in [1.54, 1.807) is 6.07 Å². The molecule has 0 saturated carbocycles. The first-order chi connectivity index (χ1) is 15.6. The maximum atomic E-state index is 12.9. The van der Waals surface area contributed by atoms with Gasteiger partial charge in [0.15, 0.2) is 11.3 Å². The van der Waals surface area contributed by atoms with Crippen LogP contribution in [0.3, 0.4) is 0 Å². The van der Waals surface area contributed by atoms with Crippen LogP contribution in [-0.4, -0.2) is 46.9 Å². The van der Waals surface area contributed by atoms with Gasteiger partial charge >= 0.3 is 0 Å². The largest absolute Gasteiger partial charge is 0.455 e. The van der Waals surface area contributed by atoms with E-state index >= 15 is 0 Å². The predicted molar refractivity (Wildman–Crippen MR) is 125 cm³/mol. The molecule has 4 aromatic rings. The van der Waals surface area contributed by atoms with Crippen molar-refractivity contribution < 1.29 is 13.6 Å². The quantitative estimate of drug-likeness (QED) is 0.389. The average molecular weight is 448 g/mol. The van der Waals surface area contributed by atoms with E-state index in [1.165, 1.54) is 17.3 Å². The molecule has 164 valence electrons. The van der Waals surface area contributed by atoms with Crippen LogP contribution in [-0.2, 0) is 12.3 Å². The van der Waals surface area contributed by atoms with E-state index in [2.05, 4.69) is 34.1 Å². The monoisotopic (exact) mass is 447 g/mol. The summed E-state index contributed by atoms with van der Waals surface area (Å²) in [6.45, 7) is 6.09. The van der Waals surface area contributed by atoms with E-state index in [4.69, 9.17) is 8.83 Å². The van der Waals surface area contributed by atoms with Crippen molar-refractivity contribution in [2.75, 3.05) is 26.2 Å². The number of piperazine rings is 1. The molecule has 0 spiro atoms. The molecule has 0 aliphatic carbocycles. The highest BCUT2D eigenvalue weighted by Crippen LogP contribution is 2.27. The maximum Gasteiger partial charge on any atom is 0.289 e. The molecule has 1 saturated heterocycles. The van der Waals surface area contributed by atoms with Crippen molar-refractivity contribution in [2.45, 2.75) is 24.4 Å². The van der Waals surface area contributed by atoms with E-state index in [0.29, 0.717) is 29.8 Å². The number of thioether (sulfide) groups is 1. The Hall–Kier alpha value is -3.03. The van der Waals surface area contributed by atoms with Gasteiger partial charge in [-0.25, -0.2) is 4.98 Å². The number of carbonyl (C=O) groups excluding carboxylic acids is 1. The lowest BCUT2D eigenvalue weighted by atomic mass is 10.2. The third kappa shape index (κ3) is 4.74. The number of rotatable bonds is 6. The molecule has 2 aromatic heterocycles. The first-order valence-electron chi connectivity index (χ1n) is 10.8. The van der Waals surface area contributed by atoms with Crippen LogP contribution in [0.5, 0.6) is 0 Å². The third-order valence-electron chi connectivity index (χ3n) is 5.64. The van der Waals surface area contributed by atoms with E-state index < -0.39 is 0 Å². The minimum absolute atomic E-state index is 0.0436. The molecule has 0 unspecified atom stereocenters. The summed E-state index contributed by atoms with van der Waals surface area (Å²) in [5, 5.41) is 0.601. The molecule has 0 radical (unpaired) electrons. The second kappa shape index (κ2) is 9.22. The summed E-state index contributed by atoms with van der Waals surface area (Å²) in [5.41, 5.74) is 4.08. The van der Waals surface area contributed by atoms with Gasteiger partial charge in [-0.1, -0.05) is 48.2 Å². The Kier molecular flexibility index (Phi) is 6.01. The van der Waals surface area contributed by atoms with Crippen molar-refractivity contribution in [2.24, 2.45) is 0 Å². The molecule has 0 bridgehead atoms. The number of nitrogens with zero attached hydrogens (tertiary/aromatic N) is 3. The second-order valence-corrected chi connectivity index (χ2v) is 8.99. The van der Waals surface area contributed by atoms with Crippen LogP contribution in [0.1, 0.15) is 27.4 Å². The first kappa shape index (κ1) is 20.8. The molecule has 32 heavy (non-hydrogen) atoms. The fourth-order valence-electron chi connectivity index (χ4n) is 3.89. The number of amides is 1. The summed E-state index contributed by atoms with van der Waals surface area (Å²) in [4.78, 5) is 21.6. The van der Waals surface area contributed by atoms with Gasteiger partial charge in [0.2, 0.25) is 0 Å². The topological polar surface area (TPSA) is 62.7 Å². The third-order valence-corrected chi connectivity index (χ3v) is 6.49. The lowest BCUT2D eigenvalue weighted by Crippen LogP contribution is -2.48. The highest BCUT2D eigenvalue weighted by Gasteiger charge is 2.24. The highest BCUT2D eigenvalue weighted by molar-refractivity contribution is 7.98. The number of hydrogen-bond donors (Lipinski definition) is 0. The van der Waals surface area contributed by atoms with Crippen LogP contribution in [0.4, 0.5) is 0 Å². The fourth-order valence-corrected chi connectivity index (χ4v) is 4.62. The smallest absolute Gasteiger partial charge is 0.289 e. The summed E-state index contributed by atoms with van der Waals surface area (Å²) in [7, 11) is 0. The standard InChI is InChI=1S/C25H25N3O3S/c1-18-7-9-22-21(15-18)26-25(31-22)32-17-20-8-10-23(30-20)24(29)28-13-11-27(12-14-28)16-19-5-3-2-4-6-19/h2-10,15H,11-14,16-17H2,1H3. The molecule has 1 amide bonds. The maximum absolute atomic E-state index is 12.9. The molecule has 3 heterocycles. The molecule has 5 rings (SSSR count). The first-order valence-corrected chi connectivity index (χ1v) is 11.8. The molecule has 6 nitrogen and oxygen atoms in total. The predicted octanol–water partition coefficient (Wildman–Crippen LogP) is 4.98. The van der Waals surface area contributed by atoms with Crippen molar-refractivity contribution in [1.82, 2.24) is 14.8 Å². The van der Waals surface area contributed by atoms with Gasteiger partial charge in [-0.05, 0) is 42.3 Å². The van der Waals surface area contributed by atoms with Gasteiger partial charge in [-0.3, -0.25) is 9.69 Å². The minimum atomic E-state index is -0.0436. The molecule has 2 aromatic carbocycles. The number of oxazole rings is 1. The van der Waals surface area contributed by atoms with Crippen LogP contribution >= 0.6 is 11.8 Å². The number of carbonyl (C=O) groups is 1. The van der Waals surface area contributed by atoms with Crippen LogP contribution in [0.25, 0.3) is 11.1 Å². The number of hydrogen-bond acceptors (Lipinski definition) is 6. The molecule has 1 aliphatic heterocycles. The molecule has 0 atom stereocenters. The average Bonchev–Trinajstić information content (AvgIpc) is 3.45. The molecular formula is C25H25N3O3S. The number of benzene rings is 2. The van der Waals surface area contributed by atoms with Gasteiger partial charge in [-0.15, -0.1) is 0 Å². The van der Waals surface area contributed by atoms with Crippen molar-refractivity contribution >= 4 is 28.8 Å². The molecule has 1 aliphatic rings. The molecule has 7 heteroatoms. The molecular weight excluding hydrogens is 422 g/mol. The Morgan fingerprint density at radius 2 is 1.81 bits per heavy atom. The molecule has 1 fully saturated rings. The number of furan rings is 1. The summed E-state index contributed by atoms with van der Waals surface area (Å²) in [6, 6.07) is 20.0. The van der Waals surface area contributed by atoms with Crippen molar-refractivity contribution in [3.63, 3.8) is 0 Å². The molecule has 0 N–H and O–H groups in total. The van der Waals surface area contributed by atoms with E-state index in [0.717, 1.165) is 42.1 Å². The Labute approximate surface area is 191 Å². The highest BCUT2D eigenvalue weighted by atomic mass is 32.2. The van der Waals surface area contributed by atoms with Gasteiger partial charge in [0.05, 0.1) is 5.75 Å². The zero-order valence-electron chi connectivity index (χ0n) is 18.0. The summed E-state index contributed by atoms with van der Waals surface area (Å²) >= 11 is 1.46. The Bertz CT molecular complexity index is 1210. The Balaban J connectivity index is 1.14. The Morgan fingerprint density at radius 3 is 2.62 bits per heavy atom. The fraction of sp³-hybridized carbons (Fsp3) is 0.280. The van der Waals surface area contributed by atoms with Gasteiger partial charge in [0.1, 0.15) is 11.3 Å². The summed E-state index contributed by atoms with van der Waals surface area (Å²) in [5.74, 6) is 1.65. The van der Waals surface area contributed by atoms with Crippen LogP contribution in [0.15, 0.2) is 74.7 Å².